The summed E-state index contributed by atoms with van der Waals surface area (Å²) in [5.41, 5.74) is 7.37. The molecule has 3 aromatic rings. The summed E-state index contributed by atoms with van der Waals surface area (Å²) in [7, 11) is 3.17. The Labute approximate surface area is 233 Å². The predicted molar refractivity (Wildman–Crippen MR) is 125 cm³/mol. The molecule has 164 valence electrons. The number of benzene rings is 3. The van der Waals surface area contributed by atoms with Crippen molar-refractivity contribution in [2.75, 3.05) is 20.0 Å². The average molecular weight is 484 g/mol. The number of methoxy groups -OCH3 is 2. The van der Waals surface area contributed by atoms with Crippen molar-refractivity contribution in [3.63, 3.8) is 0 Å². The van der Waals surface area contributed by atoms with Crippen molar-refractivity contribution >= 4 is 74.6 Å². The molecule has 32 heavy (non-hydrogen) atoms. The zero-order chi connectivity index (χ0) is 22.4. The Kier molecular flexibility index (Phi) is 10.1. The molecule has 3 rings (SSSR count). The molecule has 0 saturated heterocycles. The number of hydrogen-bond donors (Lipinski definition) is 2. The summed E-state index contributed by atoms with van der Waals surface area (Å²) in [6, 6.07) is 16.0. The van der Waals surface area contributed by atoms with Crippen LogP contribution in [0.4, 0.5) is 5.69 Å². The van der Waals surface area contributed by atoms with Crippen molar-refractivity contribution in [1.29, 1.82) is 0 Å². The molecule has 0 fully saturated rings. The third-order valence-electron chi connectivity index (χ3n) is 4.53. The van der Waals surface area contributed by atoms with Crippen LogP contribution >= 0.6 is 11.6 Å². The molecule has 9 heteroatoms. The molecule has 0 spiro atoms. The van der Waals surface area contributed by atoms with Crippen molar-refractivity contribution in [2.45, 2.75) is 13.2 Å². The topological polar surface area (TPSA) is 100 Å². The van der Waals surface area contributed by atoms with Gasteiger partial charge in [0.1, 0.15) is 35.3 Å². The molecule has 3 aromatic carbocycles. The molecule has 0 aliphatic carbocycles. The van der Waals surface area contributed by atoms with Gasteiger partial charge in [0.25, 0.3) is 0 Å². The summed E-state index contributed by atoms with van der Waals surface area (Å²) in [5, 5.41) is 9.36. The Morgan fingerprint density at radius 3 is 1.81 bits per heavy atom. The maximum absolute atomic E-state index is 11.6. The van der Waals surface area contributed by atoms with E-state index in [1.165, 1.54) is 6.07 Å². The summed E-state index contributed by atoms with van der Waals surface area (Å²) in [6.45, 7) is 0.344. The van der Waals surface area contributed by atoms with Crippen molar-refractivity contribution in [1.82, 2.24) is 0 Å². The van der Waals surface area contributed by atoms with Gasteiger partial charge in [0.05, 0.1) is 19.9 Å². The first-order valence-electron chi connectivity index (χ1n) is 9.29. The van der Waals surface area contributed by atoms with Crippen LogP contribution in [0.25, 0.3) is 0 Å². The van der Waals surface area contributed by atoms with E-state index in [-0.39, 0.29) is 92.4 Å². The minimum absolute atomic E-state index is 0. The van der Waals surface area contributed by atoms with Gasteiger partial charge in [-0.25, -0.2) is 4.79 Å². The standard InChI is InChI=1S/C23H22ClNO6.K.H/c1-28-16-7-3-14(4-8-16)12-30-19-11-18(25)20(23(26)27)21(24)22(19)31-13-15-5-9-17(29-2)10-6-15;;/h3-11H,12-13,25H2,1-2H3,(H,26,27);;. The van der Waals surface area contributed by atoms with Gasteiger partial charge in [-0.05, 0) is 35.4 Å². The maximum atomic E-state index is 11.6. The quantitative estimate of drug-likeness (QED) is 0.348. The van der Waals surface area contributed by atoms with E-state index in [1.54, 1.807) is 26.4 Å². The van der Waals surface area contributed by atoms with Gasteiger partial charge in [-0.3, -0.25) is 0 Å². The first-order valence-corrected chi connectivity index (χ1v) is 9.67. The van der Waals surface area contributed by atoms with Crippen molar-refractivity contribution in [3.05, 3.63) is 76.3 Å². The van der Waals surface area contributed by atoms with E-state index in [0.717, 1.165) is 16.9 Å². The molecule has 7 nitrogen and oxygen atoms in total. The second-order valence-corrected chi connectivity index (χ2v) is 6.94. The number of carboxylic acids is 1. The molecular formula is C23H23ClKNO6. The Balaban J connectivity index is 0.00000363. The molecule has 0 unspecified atom stereocenters. The molecular weight excluding hydrogens is 461 g/mol. The third kappa shape index (κ3) is 6.54. The number of aromatic carboxylic acids is 1. The first kappa shape index (κ1) is 26.3. The number of carboxylic acid groups (broad SMARTS) is 1. The Bertz CT molecular complexity index is 1060. The van der Waals surface area contributed by atoms with Crippen LogP contribution < -0.4 is 24.7 Å². The van der Waals surface area contributed by atoms with Crippen LogP contribution in [-0.4, -0.2) is 76.7 Å². The van der Waals surface area contributed by atoms with Crippen LogP contribution in [0.3, 0.4) is 0 Å². The number of nitrogen functional groups attached to an aromatic ring is 1. The molecule has 3 N–H and O–H groups in total. The van der Waals surface area contributed by atoms with Crippen molar-refractivity contribution in [2.24, 2.45) is 0 Å². The van der Waals surface area contributed by atoms with Gasteiger partial charge in [0, 0.05) is 6.07 Å². The van der Waals surface area contributed by atoms with Crippen LogP contribution in [0.5, 0.6) is 23.0 Å². The second-order valence-electron chi connectivity index (χ2n) is 6.56. The van der Waals surface area contributed by atoms with Gasteiger partial charge in [0.2, 0.25) is 0 Å². The molecule has 0 aromatic heterocycles. The Morgan fingerprint density at radius 1 is 0.906 bits per heavy atom. The van der Waals surface area contributed by atoms with Crippen LogP contribution in [0.15, 0.2) is 54.6 Å². The summed E-state index contributed by atoms with van der Waals surface area (Å²) < 4.78 is 22.0. The average Bonchev–Trinajstić information content (AvgIpc) is 2.77. The van der Waals surface area contributed by atoms with Crippen molar-refractivity contribution in [3.8, 4) is 23.0 Å². The second kappa shape index (κ2) is 12.3. The number of ether oxygens (including phenoxy) is 4. The normalized spacial score (nSPS) is 10.1. The SMILES string of the molecule is COc1ccc(COc2cc(N)c(C(=O)O)c(Cl)c2OCc2ccc(OC)cc2)cc1.[KH]. The number of rotatable bonds is 9. The summed E-state index contributed by atoms with van der Waals surface area (Å²) in [4.78, 5) is 11.6. The van der Waals surface area contributed by atoms with E-state index in [2.05, 4.69) is 0 Å². The Morgan fingerprint density at radius 2 is 1.38 bits per heavy atom. The molecule has 0 heterocycles. The number of anilines is 1. The van der Waals surface area contributed by atoms with Crippen LogP contribution in [0.1, 0.15) is 21.5 Å². The van der Waals surface area contributed by atoms with Gasteiger partial charge in [0.15, 0.2) is 11.5 Å². The van der Waals surface area contributed by atoms with Gasteiger partial charge in [-0.1, -0.05) is 35.9 Å². The van der Waals surface area contributed by atoms with Crippen LogP contribution in [0, 0.1) is 0 Å². The van der Waals surface area contributed by atoms with Crippen LogP contribution in [0.2, 0.25) is 5.02 Å². The van der Waals surface area contributed by atoms with Crippen molar-refractivity contribution < 1.29 is 28.8 Å². The van der Waals surface area contributed by atoms with Gasteiger partial charge >= 0.3 is 57.4 Å². The molecule has 0 aliphatic rings. The van der Waals surface area contributed by atoms with E-state index in [1.807, 2.05) is 36.4 Å². The van der Waals surface area contributed by atoms with E-state index < -0.39 is 5.97 Å². The zero-order valence-corrected chi connectivity index (χ0v) is 17.8. The predicted octanol–water partition coefficient (Wildman–Crippen LogP) is 4.15. The molecule has 0 aliphatic heterocycles. The number of nitrogens with two attached hydrogens (primary N) is 1. The Hall–Kier alpha value is -1.94. The monoisotopic (exact) mass is 483 g/mol. The number of hydrogen-bond acceptors (Lipinski definition) is 6. The summed E-state index contributed by atoms with van der Waals surface area (Å²) in [6.07, 6.45) is 0. The third-order valence-corrected chi connectivity index (χ3v) is 4.89. The van der Waals surface area contributed by atoms with E-state index in [0.29, 0.717) is 5.75 Å². The molecule has 0 atom stereocenters. The fourth-order valence-corrected chi connectivity index (χ4v) is 3.18. The van der Waals surface area contributed by atoms with E-state index >= 15 is 0 Å². The first-order chi connectivity index (χ1) is 14.9. The zero-order valence-electron chi connectivity index (χ0n) is 17.1. The molecule has 0 bridgehead atoms. The summed E-state index contributed by atoms with van der Waals surface area (Å²) >= 11 is 6.35. The van der Waals surface area contributed by atoms with Gasteiger partial charge < -0.3 is 29.8 Å². The summed E-state index contributed by atoms with van der Waals surface area (Å²) in [5.74, 6) is 0.546. The fourth-order valence-electron chi connectivity index (χ4n) is 2.85. The molecule has 0 radical (unpaired) electrons. The molecule has 0 amide bonds. The van der Waals surface area contributed by atoms with E-state index in [9.17, 15) is 9.90 Å². The van der Waals surface area contributed by atoms with Crippen LogP contribution in [-0.2, 0) is 13.2 Å². The fraction of sp³-hybridized carbons (Fsp3) is 0.174. The number of carbonyl (C=O) groups is 1. The molecule has 0 saturated carbocycles. The van der Waals surface area contributed by atoms with Gasteiger partial charge in [-0.15, -0.1) is 0 Å². The van der Waals surface area contributed by atoms with E-state index in [4.69, 9.17) is 36.3 Å². The number of halogens is 1. The minimum atomic E-state index is -1.25. The van der Waals surface area contributed by atoms with Gasteiger partial charge in [-0.2, -0.15) is 0 Å².